The van der Waals surface area contributed by atoms with Crippen LogP contribution in [0, 0.1) is 13.8 Å². The van der Waals surface area contributed by atoms with E-state index in [1.807, 2.05) is 30.0 Å². The summed E-state index contributed by atoms with van der Waals surface area (Å²) in [5, 5.41) is 0. The van der Waals surface area contributed by atoms with E-state index in [2.05, 4.69) is 41.2 Å². The van der Waals surface area contributed by atoms with Crippen molar-refractivity contribution in [3.63, 3.8) is 0 Å². The van der Waals surface area contributed by atoms with E-state index >= 15 is 0 Å². The van der Waals surface area contributed by atoms with E-state index in [4.69, 9.17) is 0 Å². The van der Waals surface area contributed by atoms with Gasteiger partial charge in [0.2, 0.25) is 0 Å². The second-order valence-electron chi connectivity index (χ2n) is 7.00. The van der Waals surface area contributed by atoms with Gasteiger partial charge in [0.1, 0.15) is 5.82 Å². The predicted octanol–water partition coefficient (Wildman–Crippen LogP) is 4.20. The number of aryl methyl sites for hydroxylation is 2. The molecule has 1 aliphatic heterocycles. The van der Waals surface area contributed by atoms with Crippen LogP contribution in [-0.2, 0) is 0 Å². The molecule has 0 spiro atoms. The average molecular weight is 333 g/mol. The summed E-state index contributed by atoms with van der Waals surface area (Å²) >= 11 is 0. The number of carbonyl (C=O) groups is 1. The van der Waals surface area contributed by atoms with Crippen LogP contribution in [0.25, 0.3) is 11.0 Å². The van der Waals surface area contributed by atoms with E-state index in [1.165, 1.54) is 11.1 Å². The summed E-state index contributed by atoms with van der Waals surface area (Å²) < 4.78 is 0. The Morgan fingerprint density at radius 1 is 1.20 bits per heavy atom. The molecule has 2 aromatic carbocycles. The molecule has 1 atom stereocenters. The molecule has 0 radical (unpaired) electrons. The molecule has 1 N–H and O–H groups in total. The van der Waals surface area contributed by atoms with Gasteiger partial charge in [0.25, 0.3) is 5.91 Å². The number of nitrogens with one attached hydrogen (secondary N) is 1. The van der Waals surface area contributed by atoms with Gasteiger partial charge in [-0.25, -0.2) is 4.98 Å². The minimum atomic E-state index is 0.118. The highest BCUT2D eigenvalue weighted by Gasteiger charge is 2.26. The summed E-state index contributed by atoms with van der Waals surface area (Å²) in [6.45, 7) is 5.72. The van der Waals surface area contributed by atoms with Crippen molar-refractivity contribution >= 4 is 16.9 Å². The zero-order valence-electron chi connectivity index (χ0n) is 14.7. The quantitative estimate of drug-likeness (QED) is 0.764. The Morgan fingerprint density at radius 2 is 2.04 bits per heavy atom. The minimum absolute atomic E-state index is 0.118. The number of piperidine rings is 1. The molecular formula is C21H23N3O. The van der Waals surface area contributed by atoms with Crippen LogP contribution in [0.3, 0.4) is 0 Å². The first-order chi connectivity index (χ1) is 12.1. The van der Waals surface area contributed by atoms with Crippen LogP contribution in [0.4, 0.5) is 0 Å². The maximum Gasteiger partial charge on any atom is 0.253 e. The van der Waals surface area contributed by atoms with Crippen LogP contribution in [0.15, 0.2) is 42.5 Å². The lowest BCUT2D eigenvalue weighted by Gasteiger charge is -2.33. The van der Waals surface area contributed by atoms with E-state index in [0.717, 1.165) is 48.4 Å². The fourth-order valence-corrected chi connectivity index (χ4v) is 3.91. The Hall–Kier alpha value is -2.62. The van der Waals surface area contributed by atoms with E-state index in [0.29, 0.717) is 5.92 Å². The van der Waals surface area contributed by atoms with Crippen molar-refractivity contribution in [1.29, 1.82) is 0 Å². The van der Waals surface area contributed by atoms with Gasteiger partial charge in [-0.05, 0) is 56.0 Å². The lowest BCUT2D eigenvalue weighted by molar-refractivity contribution is 0.0707. The maximum absolute atomic E-state index is 13.0. The van der Waals surface area contributed by atoms with Crippen molar-refractivity contribution in [2.24, 2.45) is 0 Å². The maximum atomic E-state index is 13.0. The van der Waals surface area contributed by atoms with Gasteiger partial charge in [-0.3, -0.25) is 4.79 Å². The highest BCUT2D eigenvalue weighted by Crippen LogP contribution is 2.30. The fraction of sp³-hybridized carbons (Fsp3) is 0.333. The third-order valence-electron chi connectivity index (χ3n) is 5.18. The molecule has 25 heavy (non-hydrogen) atoms. The molecule has 128 valence electrons. The van der Waals surface area contributed by atoms with Crippen molar-refractivity contribution in [1.82, 2.24) is 14.9 Å². The molecule has 0 unspecified atom stereocenters. The van der Waals surface area contributed by atoms with Crippen molar-refractivity contribution in [3.8, 4) is 0 Å². The number of aromatic amines is 1. The Labute approximate surface area is 147 Å². The number of nitrogens with zero attached hydrogens (tertiary/aromatic N) is 2. The molecule has 0 bridgehead atoms. The Morgan fingerprint density at radius 3 is 2.88 bits per heavy atom. The van der Waals surface area contributed by atoms with Gasteiger partial charge in [-0.1, -0.05) is 24.3 Å². The van der Waals surface area contributed by atoms with Gasteiger partial charge in [-0.2, -0.15) is 0 Å². The number of fused-ring (bicyclic) bond motifs is 1. The third-order valence-corrected chi connectivity index (χ3v) is 5.18. The summed E-state index contributed by atoms with van der Waals surface area (Å²) in [7, 11) is 0. The number of imidazole rings is 1. The fourth-order valence-electron chi connectivity index (χ4n) is 3.91. The van der Waals surface area contributed by atoms with Crippen LogP contribution < -0.4 is 0 Å². The minimum Gasteiger partial charge on any atom is -0.342 e. The first-order valence-electron chi connectivity index (χ1n) is 8.93. The first kappa shape index (κ1) is 15.9. The second-order valence-corrected chi connectivity index (χ2v) is 7.00. The van der Waals surface area contributed by atoms with Gasteiger partial charge in [0.05, 0.1) is 11.0 Å². The summed E-state index contributed by atoms with van der Waals surface area (Å²) in [5.41, 5.74) is 5.26. The highest BCUT2D eigenvalue weighted by molar-refractivity contribution is 5.97. The standard InChI is InChI=1S/C21H23N3O/c1-14-6-3-4-8-18(14)17-7-5-11-24(13-17)21(25)16-9-10-19-20(12-16)23-15(2)22-19/h3-4,6,8-10,12,17H,5,7,11,13H2,1-2H3,(H,22,23)/t17-/m1/s1. The molecule has 1 fully saturated rings. The number of likely N-dealkylation sites (tertiary alicyclic amines) is 1. The summed E-state index contributed by atoms with van der Waals surface area (Å²) in [6.07, 6.45) is 2.20. The van der Waals surface area contributed by atoms with Crippen molar-refractivity contribution in [2.75, 3.05) is 13.1 Å². The van der Waals surface area contributed by atoms with Crippen LogP contribution in [0.1, 0.15) is 46.1 Å². The molecule has 3 aromatic rings. The van der Waals surface area contributed by atoms with Gasteiger partial charge in [-0.15, -0.1) is 0 Å². The third kappa shape index (κ3) is 3.04. The number of benzene rings is 2. The molecule has 1 aliphatic rings. The van der Waals surface area contributed by atoms with E-state index in [-0.39, 0.29) is 5.91 Å². The van der Waals surface area contributed by atoms with Crippen LogP contribution in [0.2, 0.25) is 0 Å². The van der Waals surface area contributed by atoms with Crippen molar-refractivity contribution < 1.29 is 4.79 Å². The lowest BCUT2D eigenvalue weighted by atomic mass is 9.88. The molecule has 4 nitrogen and oxygen atoms in total. The van der Waals surface area contributed by atoms with Gasteiger partial charge in [0, 0.05) is 24.6 Å². The van der Waals surface area contributed by atoms with Gasteiger partial charge in [0.15, 0.2) is 0 Å². The number of rotatable bonds is 2. The van der Waals surface area contributed by atoms with Crippen LogP contribution >= 0.6 is 0 Å². The van der Waals surface area contributed by atoms with Gasteiger partial charge >= 0.3 is 0 Å². The molecular weight excluding hydrogens is 310 g/mol. The molecule has 0 aliphatic carbocycles. The van der Waals surface area contributed by atoms with Gasteiger partial charge < -0.3 is 9.88 Å². The molecule has 1 saturated heterocycles. The summed E-state index contributed by atoms with van der Waals surface area (Å²) in [4.78, 5) is 22.6. The Balaban J connectivity index is 1.57. The predicted molar refractivity (Wildman–Crippen MR) is 99.9 cm³/mol. The molecule has 0 saturated carbocycles. The zero-order chi connectivity index (χ0) is 17.4. The van der Waals surface area contributed by atoms with Crippen molar-refractivity contribution in [2.45, 2.75) is 32.6 Å². The smallest absolute Gasteiger partial charge is 0.253 e. The largest absolute Gasteiger partial charge is 0.342 e. The number of aromatic nitrogens is 2. The number of carbonyl (C=O) groups excluding carboxylic acids is 1. The van der Waals surface area contributed by atoms with Crippen molar-refractivity contribution in [3.05, 3.63) is 65.0 Å². The molecule has 4 heteroatoms. The monoisotopic (exact) mass is 333 g/mol. The number of H-pyrrole nitrogens is 1. The zero-order valence-corrected chi connectivity index (χ0v) is 14.7. The topological polar surface area (TPSA) is 49.0 Å². The lowest BCUT2D eigenvalue weighted by Crippen LogP contribution is -2.39. The molecule has 1 amide bonds. The number of hydrogen-bond acceptors (Lipinski definition) is 2. The first-order valence-corrected chi connectivity index (χ1v) is 8.93. The SMILES string of the molecule is Cc1nc2ccc(C(=O)N3CCC[C@@H](c4ccccc4C)C3)cc2[nH]1. The molecule has 1 aromatic heterocycles. The Bertz CT molecular complexity index is 928. The molecule has 2 heterocycles. The second kappa shape index (κ2) is 6.36. The highest BCUT2D eigenvalue weighted by atomic mass is 16.2. The van der Waals surface area contributed by atoms with Crippen LogP contribution in [0.5, 0.6) is 0 Å². The van der Waals surface area contributed by atoms with Crippen LogP contribution in [-0.4, -0.2) is 33.9 Å². The number of hydrogen-bond donors (Lipinski definition) is 1. The number of amides is 1. The summed E-state index contributed by atoms with van der Waals surface area (Å²) in [5.74, 6) is 1.42. The molecule has 4 rings (SSSR count). The van der Waals surface area contributed by atoms with E-state index < -0.39 is 0 Å². The summed E-state index contributed by atoms with van der Waals surface area (Å²) in [6, 6.07) is 14.3. The normalized spacial score (nSPS) is 17.8. The Kier molecular flexibility index (Phi) is 4.04. The van der Waals surface area contributed by atoms with E-state index in [1.54, 1.807) is 0 Å². The average Bonchev–Trinajstić information content (AvgIpc) is 3.00. The van der Waals surface area contributed by atoms with E-state index in [9.17, 15) is 4.79 Å².